The van der Waals surface area contributed by atoms with Crippen molar-refractivity contribution in [3.63, 3.8) is 0 Å². The monoisotopic (exact) mass is 226 g/mol. The predicted molar refractivity (Wildman–Crippen MR) is 40.4 cm³/mol. The van der Waals surface area contributed by atoms with Crippen molar-refractivity contribution in [1.82, 2.24) is 0 Å². The molecule has 0 aliphatic carbocycles. The van der Waals surface area contributed by atoms with Crippen molar-refractivity contribution in [2.45, 2.75) is 11.8 Å². The predicted octanol–water partition coefficient (Wildman–Crippen LogP) is -2.68. The molecule has 0 bridgehead atoms. The molecule has 1 rings (SSSR count). The van der Waals surface area contributed by atoms with E-state index in [4.69, 9.17) is 4.55 Å². The summed E-state index contributed by atoms with van der Waals surface area (Å²) in [5.41, 5.74) is 0.255. The Hall–Kier alpha value is 0.566. The second-order valence-electron chi connectivity index (χ2n) is 2.38. The Balaban J connectivity index is 0.00000144. The summed E-state index contributed by atoms with van der Waals surface area (Å²) in [5.74, 6) is -0.683. The van der Waals surface area contributed by atoms with Gasteiger partial charge in [-0.2, -0.15) is 8.42 Å². The van der Waals surface area contributed by atoms with Crippen LogP contribution in [0.2, 0.25) is 0 Å². The zero-order valence-electron chi connectivity index (χ0n) is 7.31. The molecule has 1 N–H and O–H groups in total. The Kier molecular flexibility index (Phi) is 5.09. The van der Waals surface area contributed by atoms with Crippen LogP contribution < -0.4 is 56.5 Å². The molecule has 1 aromatic carbocycles. The van der Waals surface area contributed by atoms with Crippen LogP contribution in [0.5, 0.6) is 5.75 Å². The standard InChI is InChI=1S/C7H8O4S.K/c1-5-3-2-4-6(8)7(5)12(9,10)11;/h2-4,8H,1H3,(H,9,10,11);/q;+1/p-1. The summed E-state index contributed by atoms with van der Waals surface area (Å²) in [6.07, 6.45) is 0. The molecule has 0 saturated carbocycles. The quantitative estimate of drug-likeness (QED) is 0.418. The van der Waals surface area contributed by atoms with Crippen LogP contribution >= 0.6 is 0 Å². The third kappa shape index (κ3) is 3.32. The van der Waals surface area contributed by atoms with Crippen LogP contribution in [0.1, 0.15) is 5.56 Å². The van der Waals surface area contributed by atoms with E-state index in [1.54, 1.807) is 0 Å². The van der Waals surface area contributed by atoms with Gasteiger partial charge in [-0.05, 0) is 12.5 Å². The smallest absolute Gasteiger partial charge is 0.872 e. The van der Waals surface area contributed by atoms with Gasteiger partial charge in [-0.3, -0.25) is 4.55 Å². The molecule has 0 heterocycles. The average molecular weight is 226 g/mol. The molecule has 0 atom stereocenters. The van der Waals surface area contributed by atoms with Crippen molar-refractivity contribution >= 4 is 10.1 Å². The maximum absolute atomic E-state index is 10.9. The number of rotatable bonds is 1. The van der Waals surface area contributed by atoms with Gasteiger partial charge in [-0.15, -0.1) is 0 Å². The molecule has 66 valence electrons. The zero-order chi connectivity index (χ0) is 9.35. The third-order valence-corrected chi connectivity index (χ3v) is 2.47. The SMILES string of the molecule is Cc1cccc([O-])c1S(=O)(=O)O.[K+]. The number of benzene rings is 1. The van der Waals surface area contributed by atoms with Gasteiger partial charge in [0.15, 0.2) is 0 Å². The topological polar surface area (TPSA) is 77.4 Å². The van der Waals surface area contributed by atoms with Gasteiger partial charge in [0.1, 0.15) is 0 Å². The molecule has 0 saturated heterocycles. The third-order valence-electron chi connectivity index (χ3n) is 1.43. The molecule has 0 unspecified atom stereocenters. The molecular formula is C7H7KO4S. The molecule has 1 aromatic rings. The first kappa shape index (κ1) is 13.6. The van der Waals surface area contributed by atoms with E-state index >= 15 is 0 Å². The van der Waals surface area contributed by atoms with Gasteiger partial charge in [0.2, 0.25) is 0 Å². The molecule has 4 nitrogen and oxygen atoms in total. The Morgan fingerprint density at radius 2 is 1.92 bits per heavy atom. The molecule has 0 spiro atoms. The van der Waals surface area contributed by atoms with Gasteiger partial charge < -0.3 is 5.11 Å². The summed E-state index contributed by atoms with van der Waals surface area (Å²) in [6, 6.07) is 3.98. The summed E-state index contributed by atoms with van der Waals surface area (Å²) in [4.78, 5) is -0.537. The molecular weight excluding hydrogens is 219 g/mol. The van der Waals surface area contributed by atoms with Gasteiger partial charge in [0.05, 0.1) is 4.90 Å². The number of hydrogen-bond donors (Lipinski definition) is 1. The fourth-order valence-electron chi connectivity index (χ4n) is 0.956. The first-order chi connectivity index (χ1) is 5.43. The first-order valence-corrected chi connectivity index (χ1v) is 4.61. The summed E-state index contributed by atoms with van der Waals surface area (Å²) < 4.78 is 29.9. The number of aryl methyl sites for hydroxylation is 1. The van der Waals surface area contributed by atoms with Crippen LogP contribution in [0, 0.1) is 6.92 Å². The van der Waals surface area contributed by atoms with E-state index in [2.05, 4.69) is 0 Å². The van der Waals surface area contributed by atoms with Crippen LogP contribution in [0.4, 0.5) is 0 Å². The largest absolute Gasteiger partial charge is 1.00 e. The average Bonchev–Trinajstić information content (AvgIpc) is 1.82. The van der Waals surface area contributed by atoms with E-state index in [0.717, 1.165) is 6.07 Å². The molecule has 0 aliphatic rings. The fourth-order valence-corrected chi connectivity index (χ4v) is 1.75. The Labute approximate surface area is 119 Å². The maximum atomic E-state index is 10.9. The molecule has 0 amide bonds. The van der Waals surface area contributed by atoms with Gasteiger partial charge in [-0.1, -0.05) is 23.9 Å². The summed E-state index contributed by atoms with van der Waals surface area (Å²) in [7, 11) is -4.38. The van der Waals surface area contributed by atoms with Crippen LogP contribution in [-0.2, 0) is 10.1 Å². The van der Waals surface area contributed by atoms with E-state index in [0.29, 0.717) is 0 Å². The fraction of sp³-hybridized carbons (Fsp3) is 0.143. The van der Waals surface area contributed by atoms with Gasteiger partial charge in [-0.25, -0.2) is 0 Å². The first-order valence-electron chi connectivity index (χ1n) is 3.17. The molecule has 0 aliphatic heterocycles. The second-order valence-corrected chi connectivity index (χ2v) is 3.74. The van der Waals surface area contributed by atoms with E-state index in [1.165, 1.54) is 19.1 Å². The minimum absolute atomic E-state index is 0. The van der Waals surface area contributed by atoms with Crippen molar-refractivity contribution in [2.24, 2.45) is 0 Å². The summed E-state index contributed by atoms with van der Waals surface area (Å²) in [6.45, 7) is 1.45. The summed E-state index contributed by atoms with van der Waals surface area (Å²) >= 11 is 0. The van der Waals surface area contributed by atoms with Crippen LogP contribution in [0.3, 0.4) is 0 Å². The molecule has 6 heteroatoms. The second kappa shape index (κ2) is 4.88. The Morgan fingerprint density at radius 3 is 2.23 bits per heavy atom. The van der Waals surface area contributed by atoms with Gasteiger partial charge >= 0.3 is 51.4 Å². The Bertz CT molecular complexity index is 379. The van der Waals surface area contributed by atoms with E-state index < -0.39 is 20.8 Å². The molecule has 0 fully saturated rings. The maximum Gasteiger partial charge on any atom is 1.00 e. The van der Waals surface area contributed by atoms with E-state index in [-0.39, 0.29) is 56.9 Å². The summed E-state index contributed by atoms with van der Waals surface area (Å²) in [5, 5.41) is 10.9. The molecule has 0 aromatic heterocycles. The van der Waals surface area contributed by atoms with Gasteiger partial charge in [0.25, 0.3) is 10.1 Å². The van der Waals surface area contributed by atoms with Crippen molar-refractivity contribution in [3.05, 3.63) is 23.8 Å². The normalized spacial score (nSPS) is 10.6. The van der Waals surface area contributed by atoms with Crippen molar-refractivity contribution in [2.75, 3.05) is 0 Å². The minimum atomic E-state index is -4.38. The zero-order valence-corrected chi connectivity index (χ0v) is 11.3. The molecule has 0 radical (unpaired) electrons. The number of hydrogen-bond acceptors (Lipinski definition) is 3. The van der Waals surface area contributed by atoms with Crippen LogP contribution in [0.25, 0.3) is 0 Å². The molecule has 13 heavy (non-hydrogen) atoms. The van der Waals surface area contributed by atoms with Crippen LogP contribution in [0.15, 0.2) is 23.1 Å². The van der Waals surface area contributed by atoms with Gasteiger partial charge in [0, 0.05) is 0 Å². The van der Waals surface area contributed by atoms with E-state index in [1.807, 2.05) is 0 Å². The van der Waals surface area contributed by atoms with Crippen molar-refractivity contribution in [3.8, 4) is 5.75 Å². The minimum Gasteiger partial charge on any atom is -0.872 e. The Morgan fingerprint density at radius 1 is 1.38 bits per heavy atom. The van der Waals surface area contributed by atoms with Crippen LogP contribution in [-0.4, -0.2) is 13.0 Å². The van der Waals surface area contributed by atoms with Crippen molar-refractivity contribution in [1.29, 1.82) is 0 Å². The van der Waals surface area contributed by atoms with E-state index in [9.17, 15) is 13.5 Å². The van der Waals surface area contributed by atoms with Crippen molar-refractivity contribution < 1.29 is 69.5 Å².